The highest BCUT2D eigenvalue weighted by Gasteiger charge is 2.23. The number of nitrogens with one attached hydrogen (secondary N) is 1. The lowest BCUT2D eigenvalue weighted by atomic mass is 9.89. The summed E-state index contributed by atoms with van der Waals surface area (Å²) in [5.74, 6) is 0.898. The predicted octanol–water partition coefficient (Wildman–Crippen LogP) is 4.79. The van der Waals surface area contributed by atoms with Crippen molar-refractivity contribution < 1.29 is 0 Å². The van der Waals surface area contributed by atoms with Crippen molar-refractivity contribution in [3.8, 4) is 0 Å². The fourth-order valence-corrected chi connectivity index (χ4v) is 4.11. The lowest BCUT2D eigenvalue weighted by Crippen LogP contribution is -2.34. The zero-order valence-electron chi connectivity index (χ0n) is 13.1. The Morgan fingerprint density at radius 1 is 0.950 bits per heavy atom. The van der Waals surface area contributed by atoms with Crippen molar-refractivity contribution in [2.75, 3.05) is 0 Å². The summed E-state index contributed by atoms with van der Waals surface area (Å²) < 4.78 is 0. The van der Waals surface area contributed by atoms with Crippen LogP contribution in [0.4, 0.5) is 0 Å². The molecule has 1 aromatic rings. The summed E-state index contributed by atoms with van der Waals surface area (Å²) in [6, 6.07) is 8.33. The van der Waals surface area contributed by atoms with Crippen LogP contribution in [0, 0.1) is 5.92 Å². The molecule has 1 saturated carbocycles. The van der Waals surface area contributed by atoms with Gasteiger partial charge in [-0.3, -0.25) is 0 Å². The topological polar surface area (TPSA) is 12.0 Å². The minimum atomic E-state index is 0.484. The van der Waals surface area contributed by atoms with E-state index in [9.17, 15) is 0 Å². The molecule has 0 bridgehead atoms. The van der Waals surface area contributed by atoms with Gasteiger partial charge in [0, 0.05) is 12.1 Å². The average molecular weight is 271 g/mol. The number of benzene rings is 1. The molecule has 0 radical (unpaired) electrons. The van der Waals surface area contributed by atoms with Crippen molar-refractivity contribution in [2.45, 2.75) is 77.3 Å². The van der Waals surface area contributed by atoms with Crippen molar-refractivity contribution >= 4 is 0 Å². The fraction of sp³-hybridized carbons (Fsp3) is 0.684. The number of fused-ring (bicyclic) bond motifs is 1. The first-order valence-electron chi connectivity index (χ1n) is 8.62. The van der Waals surface area contributed by atoms with Crippen molar-refractivity contribution in [3.05, 3.63) is 34.9 Å². The van der Waals surface area contributed by atoms with Crippen LogP contribution in [-0.2, 0) is 12.8 Å². The van der Waals surface area contributed by atoms with Crippen molar-refractivity contribution in [2.24, 2.45) is 5.92 Å². The number of hydrogen-bond donors (Lipinski definition) is 1. The summed E-state index contributed by atoms with van der Waals surface area (Å²) in [6.45, 7) is 4.71. The van der Waals surface area contributed by atoms with Gasteiger partial charge in [-0.05, 0) is 75.0 Å². The fourth-order valence-electron chi connectivity index (χ4n) is 4.11. The van der Waals surface area contributed by atoms with E-state index in [4.69, 9.17) is 0 Å². The minimum Gasteiger partial charge on any atom is -0.307 e. The predicted molar refractivity (Wildman–Crippen MR) is 86.1 cm³/mol. The first-order chi connectivity index (χ1) is 9.74. The van der Waals surface area contributed by atoms with Gasteiger partial charge in [0.2, 0.25) is 0 Å². The normalized spacial score (nSPS) is 22.5. The van der Waals surface area contributed by atoms with E-state index >= 15 is 0 Å². The van der Waals surface area contributed by atoms with E-state index in [1.807, 2.05) is 0 Å². The Morgan fingerprint density at radius 2 is 1.65 bits per heavy atom. The van der Waals surface area contributed by atoms with Crippen molar-refractivity contribution in [1.29, 1.82) is 0 Å². The van der Waals surface area contributed by atoms with Gasteiger partial charge < -0.3 is 5.32 Å². The molecule has 1 aromatic carbocycles. The summed E-state index contributed by atoms with van der Waals surface area (Å²) in [5.41, 5.74) is 4.68. The molecule has 1 heteroatoms. The summed E-state index contributed by atoms with van der Waals surface area (Å²) >= 11 is 0. The molecule has 0 saturated heterocycles. The maximum Gasteiger partial charge on any atom is 0.0294 e. The third-order valence-electron chi connectivity index (χ3n) is 5.49. The van der Waals surface area contributed by atoms with E-state index < -0.39 is 0 Å². The Hall–Kier alpha value is -0.820. The molecular formula is C19H29N. The molecule has 1 nitrogen and oxygen atoms in total. The van der Waals surface area contributed by atoms with Crippen LogP contribution in [0.5, 0.6) is 0 Å². The van der Waals surface area contributed by atoms with E-state index in [0.29, 0.717) is 12.1 Å². The molecule has 20 heavy (non-hydrogen) atoms. The highest BCUT2D eigenvalue weighted by Crippen LogP contribution is 2.29. The summed E-state index contributed by atoms with van der Waals surface area (Å²) in [6.07, 6.45) is 11.0. The Morgan fingerprint density at radius 3 is 2.40 bits per heavy atom. The average Bonchev–Trinajstić information content (AvgIpc) is 3.01. The molecule has 0 aromatic heterocycles. The van der Waals surface area contributed by atoms with Crippen LogP contribution in [0.15, 0.2) is 18.2 Å². The van der Waals surface area contributed by atoms with Gasteiger partial charge in [0.25, 0.3) is 0 Å². The second-order valence-corrected chi connectivity index (χ2v) is 6.96. The Kier molecular flexibility index (Phi) is 4.45. The smallest absolute Gasteiger partial charge is 0.0294 e. The van der Waals surface area contributed by atoms with Crippen LogP contribution in [0.2, 0.25) is 0 Å². The Labute approximate surface area is 124 Å². The summed E-state index contributed by atoms with van der Waals surface area (Å²) in [4.78, 5) is 0. The van der Waals surface area contributed by atoms with Gasteiger partial charge in [0.05, 0.1) is 0 Å². The first-order valence-corrected chi connectivity index (χ1v) is 8.62. The third kappa shape index (κ3) is 3.09. The second-order valence-electron chi connectivity index (χ2n) is 6.96. The van der Waals surface area contributed by atoms with Crippen LogP contribution in [0.1, 0.15) is 75.1 Å². The number of rotatable bonds is 4. The van der Waals surface area contributed by atoms with Gasteiger partial charge in [-0.15, -0.1) is 0 Å². The van der Waals surface area contributed by atoms with E-state index in [-0.39, 0.29) is 0 Å². The molecule has 1 N–H and O–H groups in total. The Balaban J connectivity index is 1.65. The highest BCUT2D eigenvalue weighted by atomic mass is 14.9. The Bertz CT molecular complexity index is 445. The zero-order chi connectivity index (χ0) is 13.9. The lowest BCUT2D eigenvalue weighted by Gasteiger charge is -2.26. The van der Waals surface area contributed by atoms with Crippen LogP contribution in [0.3, 0.4) is 0 Å². The molecule has 0 amide bonds. The molecule has 2 aliphatic rings. The standard InChI is InChI=1S/C19H29N/c1-14(16-7-3-4-8-16)20-15(2)18-12-11-17-9-5-6-10-19(17)13-18/h11-16,20H,3-10H2,1-2H3/t14-,15?/m1/s1. The molecule has 0 heterocycles. The molecule has 1 fully saturated rings. The number of aryl methyl sites for hydroxylation is 2. The summed E-state index contributed by atoms with van der Waals surface area (Å²) in [7, 11) is 0. The van der Waals surface area contributed by atoms with Crippen LogP contribution >= 0.6 is 0 Å². The molecule has 2 atom stereocenters. The van der Waals surface area contributed by atoms with E-state index in [1.165, 1.54) is 56.9 Å². The molecule has 2 aliphatic carbocycles. The third-order valence-corrected chi connectivity index (χ3v) is 5.49. The maximum absolute atomic E-state index is 3.84. The minimum absolute atomic E-state index is 0.484. The second kappa shape index (κ2) is 6.30. The molecule has 0 aliphatic heterocycles. The number of hydrogen-bond acceptors (Lipinski definition) is 1. The van der Waals surface area contributed by atoms with E-state index in [0.717, 1.165) is 5.92 Å². The van der Waals surface area contributed by atoms with Crippen LogP contribution in [0.25, 0.3) is 0 Å². The lowest BCUT2D eigenvalue weighted by molar-refractivity contribution is 0.352. The highest BCUT2D eigenvalue weighted by molar-refractivity contribution is 5.35. The largest absolute Gasteiger partial charge is 0.307 e. The molecular weight excluding hydrogens is 242 g/mol. The molecule has 110 valence electrons. The first kappa shape index (κ1) is 14.1. The van der Waals surface area contributed by atoms with Crippen molar-refractivity contribution in [3.63, 3.8) is 0 Å². The maximum atomic E-state index is 3.84. The molecule has 3 rings (SSSR count). The summed E-state index contributed by atoms with van der Waals surface area (Å²) in [5, 5.41) is 3.84. The van der Waals surface area contributed by atoms with Crippen LogP contribution in [-0.4, -0.2) is 6.04 Å². The zero-order valence-corrected chi connectivity index (χ0v) is 13.1. The van der Waals surface area contributed by atoms with Gasteiger partial charge >= 0.3 is 0 Å². The van der Waals surface area contributed by atoms with E-state index in [2.05, 4.69) is 37.4 Å². The SMILES string of the molecule is CC(N[C@H](C)C1CCCC1)c1ccc2c(c1)CCCC2. The van der Waals surface area contributed by atoms with Gasteiger partial charge in [-0.2, -0.15) is 0 Å². The van der Waals surface area contributed by atoms with Gasteiger partial charge in [-0.25, -0.2) is 0 Å². The van der Waals surface area contributed by atoms with E-state index in [1.54, 1.807) is 11.1 Å². The monoisotopic (exact) mass is 271 g/mol. The van der Waals surface area contributed by atoms with Gasteiger partial charge in [0.1, 0.15) is 0 Å². The molecule has 1 unspecified atom stereocenters. The quantitative estimate of drug-likeness (QED) is 0.830. The van der Waals surface area contributed by atoms with Crippen molar-refractivity contribution in [1.82, 2.24) is 5.32 Å². The molecule has 0 spiro atoms. The van der Waals surface area contributed by atoms with Gasteiger partial charge in [0.15, 0.2) is 0 Å². The van der Waals surface area contributed by atoms with Crippen LogP contribution < -0.4 is 5.32 Å². The van der Waals surface area contributed by atoms with Gasteiger partial charge in [-0.1, -0.05) is 31.0 Å².